The summed E-state index contributed by atoms with van der Waals surface area (Å²) >= 11 is 0. The van der Waals surface area contributed by atoms with E-state index in [-0.39, 0.29) is 10.6 Å². The highest BCUT2D eigenvalue weighted by Crippen LogP contribution is 2.17. The van der Waals surface area contributed by atoms with E-state index in [1.54, 1.807) is 6.92 Å². The third-order valence-corrected chi connectivity index (χ3v) is 2.66. The van der Waals surface area contributed by atoms with Crippen LogP contribution < -0.4 is 4.74 Å². The van der Waals surface area contributed by atoms with Crippen molar-refractivity contribution in [3.63, 3.8) is 0 Å². The first-order chi connectivity index (χ1) is 7.30. The van der Waals surface area contributed by atoms with E-state index in [0.717, 1.165) is 0 Å². The van der Waals surface area contributed by atoms with Gasteiger partial charge in [-0.2, -0.15) is 8.42 Å². The lowest BCUT2D eigenvalue weighted by atomic mass is 10.3. The molecule has 0 saturated carbocycles. The lowest BCUT2D eigenvalue weighted by Gasteiger charge is -2.12. The molecule has 0 bridgehead atoms. The van der Waals surface area contributed by atoms with E-state index in [1.165, 1.54) is 24.3 Å². The van der Waals surface area contributed by atoms with Gasteiger partial charge in [0.05, 0.1) is 4.90 Å². The number of hydrogen-bond acceptors (Lipinski definition) is 4. The number of rotatable bonds is 4. The zero-order valence-corrected chi connectivity index (χ0v) is 9.44. The van der Waals surface area contributed by atoms with Gasteiger partial charge in [0.2, 0.25) is 6.29 Å². The molecule has 0 saturated heterocycles. The van der Waals surface area contributed by atoms with Crippen LogP contribution in [0.3, 0.4) is 0 Å². The molecule has 0 amide bonds. The van der Waals surface area contributed by atoms with E-state index in [4.69, 9.17) is 9.29 Å². The van der Waals surface area contributed by atoms with E-state index in [0.29, 0.717) is 5.57 Å². The molecule has 0 fully saturated rings. The van der Waals surface area contributed by atoms with Gasteiger partial charge in [-0.15, -0.1) is 0 Å². The van der Waals surface area contributed by atoms with Crippen molar-refractivity contribution in [3.8, 4) is 5.75 Å². The van der Waals surface area contributed by atoms with Crippen LogP contribution in [0.2, 0.25) is 0 Å². The van der Waals surface area contributed by atoms with Crippen LogP contribution in [0.15, 0.2) is 41.3 Å². The summed E-state index contributed by atoms with van der Waals surface area (Å²) < 4.78 is 35.2. The first-order valence-corrected chi connectivity index (χ1v) is 5.82. The molecule has 0 aliphatic heterocycles. The highest BCUT2D eigenvalue weighted by atomic mass is 32.2. The number of aliphatic hydroxyl groups is 1. The minimum atomic E-state index is -4.20. The molecule has 1 rings (SSSR count). The predicted molar refractivity (Wildman–Crippen MR) is 57.7 cm³/mol. The highest BCUT2D eigenvalue weighted by molar-refractivity contribution is 7.85. The maximum atomic E-state index is 10.7. The van der Waals surface area contributed by atoms with E-state index >= 15 is 0 Å². The quantitative estimate of drug-likeness (QED) is 0.472. The molecule has 5 nitrogen and oxygen atoms in total. The maximum Gasteiger partial charge on any atom is 0.294 e. The lowest BCUT2D eigenvalue weighted by Crippen LogP contribution is -2.16. The molecular weight excluding hydrogens is 232 g/mol. The van der Waals surface area contributed by atoms with Gasteiger partial charge in [0.1, 0.15) is 5.75 Å². The van der Waals surface area contributed by atoms with Crippen LogP contribution >= 0.6 is 0 Å². The monoisotopic (exact) mass is 244 g/mol. The summed E-state index contributed by atoms with van der Waals surface area (Å²) in [4.78, 5) is -0.232. The number of ether oxygens (including phenoxy) is 1. The molecule has 0 spiro atoms. The van der Waals surface area contributed by atoms with Gasteiger partial charge in [-0.3, -0.25) is 4.55 Å². The van der Waals surface area contributed by atoms with Crippen LogP contribution in [0.25, 0.3) is 0 Å². The number of aliphatic hydroxyl groups excluding tert-OH is 1. The summed E-state index contributed by atoms with van der Waals surface area (Å²) in [5, 5.41) is 9.32. The summed E-state index contributed by atoms with van der Waals surface area (Å²) in [6.07, 6.45) is -1.14. The molecule has 1 atom stereocenters. The van der Waals surface area contributed by atoms with Gasteiger partial charge in [0, 0.05) is 0 Å². The van der Waals surface area contributed by atoms with Crippen LogP contribution in [0.1, 0.15) is 6.92 Å². The summed E-state index contributed by atoms with van der Waals surface area (Å²) in [6, 6.07) is 5.01. The van der Waals surface area contributed by atoms with Crippen LogP contribution in [0, 0.1) is 0 Å². The standard InChI is InChI=1S/C10H12O5S/c1-7(2)10(11)15-8-3-5-9(6-4-8)16(12,13)14/h3-6,10-11H,1H2,2H3,(H,12,13,14). The second kappa shape index (κ2) is 4.65. The predicted octanol–water partition coefficient (Wildman–Crippen LogP) is 1.21. The third-order valence-electron chi connectivity index (χ3n) is 1.79. The first-order valence-electron chi connectivity index (χ1n) is 4.38. The SMILES string of the molecule is C=C(C)C(O)Oc1ccc(S(=O)(=O)O)cc1. The minimum absolute atomic E-state index is 0.232. The molecule has 1 aromatic rings. The summed E-state index contributed by atoms with van der Waals surface area (Å²) in [5.74, 6) is 0.280. The van der Waals surface area contributed by atoms with Crippen LogP contribution in [0.5, 0.6) is 5.75 Å². The summed E-state index contributed by atoms with van der Waals surface area (Å²) in [6.45, 7) is 5.09. The molecule has 88 valence electrons. The third kappa shape index (κ3) is 3.34. The highest BCUT2D eigenvalue weighted by Gasteiger charge is 2.10. The number of benzene rings is 1. The molecule has 0 radical (unpaired) electrons. The Kier molecular flexibility index (Phi) is 3.69. The molecule has 0 aliphatic rings. The van der Waals surface area contributed by atoms with Crippen molar-refractivity contribution >= 4 is 10.1 Å². The molecule has 1 unspecified atom stereocenters. The molecule has 0 aliphatic carbocycles. The molecule has 16 heavy (non-hydrogen) atoms. The molecule has 0 heterocycles. The fraction of sp³-hybridized carbons (Fsp3) is 0.200. The second-order valence-electron chi connectivity index (χ2n) is 3.26. The molecular formula is C10H12O5S. The van der Waals surface area contributed by atoms with Gasteiger partial charge < -0.3 is 9.84 Å². The fourth-order valence-electron chi connectivity index (χ4n) is 0.920. The lowest BCUT2D eigenvalue weighted by molar-refractivity contribution is 0.0151. The Labute approximate surface area is 93.7 Å². The van der Waals surface area contributed by atoms with Crippen molar-refractivity contribution in [1.82, 2.24) is 0 Å². The van der Waals surface area contributed by atoms with Crippen molar-refractivity contribution in [2.75, 3.05) is 0 Å². The van der Waals surface area contributed by atoms with Crippen molar-refractivity contribution in [3.05, 3.63) is 36.4 Å². The number of hydrogen-bond donors (Lipinski definition) is 2. The van der Waals surface area contributed by atoms with Gasteiger partial charge >= 0.3 is 0 Å². The van der Waals surface area contributed by atoms with Crippen molar-refractivity contribution < 1.29 is 22.8 Å². The maximum absolute atomic E-state index is 10.7. The van der Waals surface area contributed by atoms with Crippen molar-refractivity contribution in [2.45, 2.75) is 18.1 Å². The topological polar surface area (TPSA) is 83.8 Å². The van der Waals surface area contributed by atoms with Crippen LogP contribution in [-0.4, -0.2) is 24.4 Å². The Balaban J connectivity index is 2.84. The second-order valence-corrected chi connectivity index (χ2v) is 4.68. The van der Waals surface area contributed by atoms with E-state index in [9.17, 15) is 13.5 Å². The summed E-state index contributed by atoms with van der Waals surface area (Å²) in [5.41, 5.74) is 0.429. The average Bonchev–Trinajstić information content (AvgIpc) is 2.17. The van der Waals surface area contributed by atoms with E-state index < -0.39 is 16.4 Å². The zero-order chi connectivity index (χ0) is 12.3. The van der Waals surface area contributed by atoms with E-state index in [2.05, 4.69) is 6.58 Å². The average molecular weight is 244 g/mol. The Hall–Kier alpha value is -1.37. The van der Waals surface area contributed by atoms with Gasteiger partial charge in [-0.05, 0) is 36.8 Å². The van der Waals surface area contributed by atoms with E-state index in [1.807, 2.05) is 0 Å². The normalized spacial score (nSPS) is 13.2. The van der Waals surface area contributed by atoms with Gasteiger partial charge in [0.25, 0.3) is 10.1 Å². The molecule has 6 heteroatoms. The van der Waals surface area contributed by atoms with Gasteiger partial charge in [0.15, 0.2) is 0 Å². The van der Waals surface area contributed by atoms with Crippen molar-refractivity contribution in [2.24, 2.45) is 0 Å². The summed E-state index contributed by atoms with van der Waals surface area (Å²) in [7, 11) is -4.20. The molecule has 0 aromatic heterocycles. The Morgan fingerprint density at radius 2 is 1.88 bits per heavy atom. The van der Waals surface area contributed by atoms with Crippen molar-refractivity contribution in [1.29, 1.82) is 0 Å². The Morgan fingerprint density at radius 1 is 1.38 bits per heavy atom. The van der Waals surface area contributed by atoms with Gasteiger partial charge in [-0.25, -0.2) is 0 Å². The largest absolute Gasteiger partial charge is 0.461 e. The van der Waals surface area contributed by atoms with Crippen LogP contribution in [-0.2, 0) is 10.1 Å². The Morgan fingerprint density at radius 3 is 2.25 bits per heavy atom. The van der Waals surface area contributed by atoms with Crippen LogP contribution in [0.4, 0.5) is 0 Å². The zero-order valence-electron chi connectivity index (χ0n) is 8.62. The minimum Gasteiger partial charge on any atom is -0.461 e. The molecule has 1 aromatic carbocycles. The first kappa shape index (κ1) is 12.7. The Bertz CT molecular complexity index is 474. The molecule has 2 N–H and O–H groups in total. The smallest absolute Gasteiger partial charge is 0.294 e. The fourth-order valence-corrected chi connectivity index (χ4v) is 1.40. The van der Waals surface area contributed by atoms with Gasteiger partial charge in [-0.1, -0.05) is 6.58 Å².